The predicted molar refractivity (Wildman–Crippen MR) is 76.9 cm³/mol. The summed E-state index contributed by atoms with van der Waals surface area (Å²) >= 11 is 5.86. The highest BCUT2D eigenvalue weighted by molar-refractivity contribution is 6.32. The maximum Gasteiger partial charge on any atom is 0.319 e. The van der Waals surface area contributed by atoms with E-state index in [0.717, 1.165) is 0 Å². The van der Waals surface area contributed by atoms with Gasteiger partial charge in [-0.2, -0.15) is 5.26 Å². The fourth-order valence-electron chi connectivity index (χ4n) is 1.63. The van der Waals surface area contributed by atoms with Crippen LogP contribution in [-0.4, -0.2) is 17.7 Å². The minimum absolute atomic E-state index is 0.00333. The van der Waals surface area contributed by atoms with E-state index in [1.54, 1.807) is 18.2 Å². The molecule has 0 radical (unpaired) electrons. The van der Waals surface area contributed by atoms with Gasteiger partial charge in [-0.1, -0.05) is 11.6 Å². The third-order valence-electron chi connectivity index (χ3n) is 2.67. The maximum atomic E-state index is 11.7. The zero-order valence-corrected chi connectivity index (χ0v) is 11.6. The first-order valence-electron chi connectivity index (χ1n) is 6.06. The summed E-state index contributed by atoms with van der Waals surface area (Å²) in [6, 6.07) is 9.24. The topological polar surface area (TPSA) is 98.3 Å². The Bertz CT molecular complexity index is 665. The highest BCUT2D eigenvalue weighted by Crippen LogP contribution is 2.20. The van der Waals surface area contributed by atoms with Crippen molar-refractivity contribution in [2.24, 2.45) is 0 Å². The summed E-state index contributed by atoms with van der Waals surface area (Å²) < 4.78 is 5.02. The molecule has 0 spiro atoms. The molecule has 1 atom stereocenters. The zero-order chi connectivity index (χ0) is 15.2. The number of benzene rings is 1. The zero-order valence-electron chi connectivity index (χ0n) is 10.8. The SMILES string of the molecule is N#Cc1ccc(NC(=O)NCC(O)c2ccco2)cc1Cl. The molecule has 0 aliphatic rings. The summed E-state index contributed by atoms with van der Waals surface area (Å²) in [6.45, 7) is 0.00333. The molecule has 7 heteroatoms. The molecule has 0 aliphatic carbocycles. The first kappa shape index (κ1) is 14.9. The van der Waals surface area contributed by atoms with Crippen molar-refractivity contribution in [1.29, 1.82) is 5.26 Å². The standard InChI is InChI=1S/C14H12ClN3O3/c15-11-6-10(4-3-9(11)7-16)18-14(20)17-8-12(19)13-2-1-5-21-13/h1-6,12,19H,8H2,(H2,17,18,20). The lowest BCUT2D eigenvalue weighted by molar-refractivity contribution is 0.149. The number of halogens is 1. The van der Waals surface area contributed by atoms with Gasteiger partial charge in [0, 0.05) is 5.69 Å². The van der Waals surface area contributed by atoms with Gasteiger partial charge in [0.15, 0.2) is 0 Å². The van der Waals surface area contributed by atoms with E-state index in [-0.39, 0.29) is 11.6 Å². The third-order valence-corrected chi connectivity index (χ3v) is 2.99. The van der Waals surface area contributed by atoms with Crippen LogP contribution in [0.2, 0.25) is 5.02 Å². The van der Waals surface area contributed by atoms with E-state index in [4.69, 9.17) is 21.3 Å². The molecule has 0 aliphatic heterocycles. The second-order valence-electron chi connectivity index (χ2n) is 4.17. The lowest BCUT2D eigenvalue weighted by Gasteiger charge is -2.11. The number of nitrogens with one attached hydrogen (secondary N) is 2. The van der Waals surface area contributed by atoms with Gasteiger partial charge in [0.2, 0.25) is 0 Å². The quantitative estimate of drug-likeness (QED) is 0.808. The fourth-order valence-corrected chi connectivity index (χ4v) is 1.85. The van der Waals surface area contributed by atoms with Crippen LogP contribution in [0.15, 0.2) is 41.0 Å². The van der Waals surface area contributed by atoms with Gasteiger partial charge in [0.1, 0.15) is 17.9 Å². The summed E-state index contributed by atoms with van der Waals surface area (Å²) in [4.78, 5) is 11.7. The van der Waals surface area contributed by atoms with Crippen LogP contribution in [0.1, 0.15) is 17.4 Å². The van der Waals surface area contributed by atoms with Crippen LogP contribution >= 0.6 is 11.6 Å². The number of hydrogen-bond donors (Lipinski definition) is 3. The van der Waals surface area contributed by atoms with Gasteiger partial charge in [0.25, 0.3) is 0 Å². The molecule has 1 aromatic heterocycles. The number of furan rings is 1. The van der Waals surface area contributed by atoms with Crippen molar-refractivity contribution >= 4 is 23.3 Å². The summed E-state index contributed by atoms with van der Waals surface area (Å²) in [7, 11) is 0. The summed E-state index contributed by atoms with van der Waals surface area (Å²) in [5, 5.41) is 23.8. The molecule has 1 heterocycles. The minimum Gasteiger partial charge on any atom is -0.467 e. The Kier molecular flexibility index (Phi) is 4.82. The second kappa shape index (κ2) is 6.79. The number of aliphatic hydroxyl groups is 1. The molecule has 1 aromatic carbocycles. The number of carbonyl (C=O) groups excluding carboxylic acids is 1. The van der Waals surface area contributed by atoms with E-state index < -0.39 is 12.1 Å². The highest BCUT2D eigenvalue weighted by atomic mass is 35.5. The van der Waals surface area contributed by atoms with Gasteiger partial charge in [-0.05, 0) is 30.3 Å². The number of hydrogen-bond acceptors (Lipinski definition) is 4. The number of aliphatic hydroxyl groups excluding tert-OH is 1. The molecule has 108 valence electrons. The van der Waals surface area contributed by atoms with Gasteiger partial charge in [-0.25, -0.2) is 4.79 Å². The molecule has 2 rings (SSSR count). The van der Waals surface area contributed by atoms with E-state index >= 15 is 0 Å². The van der Waals surface area contributed by atoms with E-state index in [0.29, 0.717) is 17.0 Å². The molecule has 0 fully saturated rings. The van der Waals surface area contributed by atoms with Crippen LogP contribution in [0, 0.1) is 11.3 Å². The van der Waals surface area contributed by atoms with Crippen LogP contribution in [-0.2, 0) is 0 Å². The van der Waals surface area contributed by atoms with Crippen LogP contribution in [0.5, 0.6) is 0 Å². The number of anilines is 1. The fraction of sp³-hybridized carbons (Fsp3) is 0.143. The predicted octanol–water partition coefficient (Wildman–Crippen LogP) is 2.66. The molecule has 6 nitrogen and oxygen atoms in total. The molecule has 21 heavy (non-hydrogen) atoms. The lowest BCUT2D eigenvalue weighted by atomic mass is 10.2. The Balaban J connectivity index is 1.87. The molecule has 2 aromatic rings. The average molecular weight is 306 g/mol. The Hall–Kier alpha value is -2.49. The third kappa shape index (κ3) is 3.99. The van der Waals surface area contributed by atoms with Gasteiger partial charge in [-0.15, -0.1) is 0 Å². The summed E-state index contributed by atoms with van der Waals surface area (Å²) in [5.41, 5.74) is 0.778. The second-order valence-corrected chi connectivity index (χ2v) is 4.58. The largest absolute Gasteiger partial charge is 0.467 e. The van der Waals surface area contributed by atoms with Crippen molar-refractivity contribution in [2.45, 2.75) is 6.10 Å². The monoisotopic (exact) mass is 305 g/mol. The van der Waals surface area contributed by atoms with Gasteiger partial charge >= 0.3 is 6.03 Å². The molecule has 3 N–H and O–H groups in total. The lowest BCUT2D eigenvalue weighted by Crippen LogP contribution is -2.32. The molecular weight excluding hydrogens is 294 g/mol. The Morgan fingerprint density at radius 3 is 2.90 bits per heavy atom. The number of rotatable bonds is 4. The van der Waals surface area contributed by atoms with Crippen molar-refractivity contribution in [3.05, 3.63) is 52.9 Å². The summed E-state index contributed by atoms with van der Waals surface area (Å²) in [6.07, 6.45) is 0.521. The van der Waals surface area contributed by atoms with Crippen molar-refractivity contribution in [2.75, 3.05) is 11.9 Å². The van der Waals surface area contributed by atoms with Crippen LogP contribution in [0.3, 0.4) is 0 Å². The van der Waals surface area contributed by atoms with Gasteiger partial charge < -0.3 is 20.2 Å². The highest BCUT2D eigenvalue weighted by Gasteiger charge is 2.12. The smallest absolute Gasteiger partial charge is 0.319 e. The minimum atomic E-state index is -0.921. The van der Waals surface area contributed by atoms with Crippen molar-refractivity contribution in [1.82, 2.24) is 5.32 Å². The van der Waals surface area contributed by atoms with Crippen LogP contribution in [0.25, 0.3) is 0 Å². The Morgan fingerprint density at radius 2 is 2.29 bits per heavy atom. The van der Waals surface area contributed by atoms with Gasteiger partial charge in [-0.3, -0.25) is 0 Å². The molecule has 0 saturated heterocycles. The first-order valence-corrected chi connectivity index (χ1v) is 6.44. The van der Waals surface area contributed by atoms with Crippen LogP contribution in [0.4, 0.5) is 10.5 Å². The number of carbonyl (C=O) groups is 1. The van der Waals surface area contributed by atoms with E-state index in [9.17, 15) is 9.90 Å². The molecule has 1 unspecified atom stereocenters. The molecule has 2 amide bonds. The molecule has 0 saturated carbocycles. The van der Waals surface area contributed by atoms with Gasteiger partial charge in [0.05, 0.1) is 23.4 Å². The van der Waals surface area contributed by atoms with E-state index in [2.05, 4.69) is 10.6 Å². The maximum absolute atomic E-state index is 11.7. The number of nitriles is 1. The first-order chi connectivity index (χ1) is 10.1. The molecule has 0 bridgehead atoms. The number of nitrogens with zero attached hydrogens (tertiary/aromatic N) is 1. The van der Waals surface area contributed by atoms with E-state index in [1.165, 1.54) is 18.4 Å². The average Bonchev–Trinajstić information content (AvgIpc) is 2.99. The van der Waals surface area contributed by atoms with Crippen molar-refractivity contribution in [3.63, 3.8) is 0 Å². The van der Waals surface area contributed by atoms with E-state index in [1.807, 2.05) is 6.07 Å². The van der Waals surface area contributed by atoms with Crippen molar-refractivity contribution < 1.29 is 14.3 Å². The Morgan fingerprint density at radius 1 is 1.48 bits per heavy atom. The van der Waals surface area contributed by atoms with Crippen LogP contribution < -0.4 is 10.6 Å². The number of urea groups is 1. The number of amides is 2. The Labute approximate surface area is 125 Å². The summed E-state index contributed by atoms with van der Waals surface area (Å²) in [5.74, 6) is 0.372. The van der Waals surface area contributed by atoms with Crippen molar-refractivity contribution in [3.8, 4) is 6.07 Å². The normalized spacial score (nSPS) is 11.5. The molecular formula is C14H12ClN3O3.